The zero-order chi connectivity index (χ0) is 12.5. The Balaban J connectivity index is 2.07. The lowest BCUT2D eigenvalue weighted by molar-refractivity contribution is 0.152. The molecular formula is C13H11N3O2. The van der Waals surface area contributed by atoms with Crippen molar-refractivity contribution in [1.29, 1.82) is 0 Å². The molecule has 18 heavy (non-hydrogen) atoms. The summed E-state index contributed by atoms with van der Waals surface area (Å²) in [6, 6.07) is 11.6. The number of aliphatic hydroxyl groups excluding tert-OH is 1. The standard InChI is InChI=1S/C13H11N3O2/c1-8(17)13-15-12(16-18-13)11-7-6-9-4-2-3-5-10(9)14-11/h2-8,17H,1H3/t8-/m0/s1. The SMILES string of the molecule is C[C@H](O)c1nc(-c2ccc3ccccc3n2)no1. The highest BCUT2D eigenvalue weighted by Gasteiger charge is 2.13. The smallest absolute Gasteiger partial charge is 0.255 e. The fraction of sp³-hybridized carbons (Fsp3) is 0.154. The van der Waals surface area contributed by atoms with Gasteiger partial charge in [0.25, 0.3) is 5.89 Å². The molecule has 0 amide bonds. The van der Waals surface area contributed by atoms with E-state index in [0.717, 1.165) is 10.9 Å². The van der Waals surface area contributed by atoms with E-state index in [9.17, 15) is 5.11 Å². The molecule has 1 aromatic carbocycles. The highest BCUT2D eigenvalue weighted by Crippen LogP contribution is 2.20. The van der Waals surface area contributed by atoms with Gasteiger partial charge in [0.2, 0.25) is 5.82 Å². The third kappa shape index (κ3) is 1.84. The molecule has 1 N–H and O–H groups in total. The third-order valence-corrected chi connectivity index (χ3v) is 2.63. The van der Waals surface area contributed by atoms with Crippen molar-refractivity contribution >= 4 is 10.9 Å². The molecule has 2 aromatic heterocycles. The van der Waals surface area contributed by atoms with Gasteiger partial charge in [-0.05, 0) is 19.1 Å². The zero-order valence-electron chi connectivity index (χ0n) is 9.74. The minimum Gasteiger partial charge on any atom is -0.384 e. The molecule has 3 rings (SSSR count). The van der Waals surface area contributed by atoms with Crippen LogP contribution in [0.2, 0.25) is 0 Å². The van der Waals surface area contributed by atoms with Gasteiger partial charge in [-0.25, -0.2) is 4.98 Å². The van der Waals surface area contributed by atoms with Crippen LogP contribution in [0.15, 0.2) is 40.9 Å². The monoisotopic (exact) mass is 241 g/mol. The quantitative estimate of drug-likeness (QED) is 0.745. The van der Waals surface area contributed by atoms with Gasteiger partial charge in [0.15, 0.2) is 0 Å². The summed E-state index contributed by atoms with van der Waals surface area (Å²) in [4.78, 5) is 8.55. The average Bonchev–Trinajstić information content (AvgIpc) is 2.88. The molecule has 0 spiro atoms. The average molecular weight is 241 g/mol. The van der Waals surface area contributed by atoms with E-state index < -0.39 is 6.10 Å². The summed E-state index contributed by atoms with van der Waals surface area (Å²) in [7, 11) is 0. The molecule has 0 fully saturated rings. The summed E-state index contributed by atoms with van der Waals surface area (Å²) in [5.41, 5.74) is 1.50. The second-order valence-electron chi connectivity index (χ2n) is 4.02. The zero-order valence-corrected chi connectivity index (χ0v) is 9.74. The normalized spacial score (nSPS) is 12.8. The molecule has 0 bridgehead atoms. The van der Waals surface area contributed by atoms with Crippen molar-refractivity contribution in [2.45, 2.75) is 13.0 Å². The van der Waals surface area contributed by atoms with E-state index >= 15 is 0 Å². The van der Waals surface area contributed by atoms with Gasteiger partial charge in [0.05, 0.1) is 5.52 Å². The number of fused-ring (bicyclic) bond motifs is 1. The number of benzene rings is 1. The van der Waals surface area contributed by atoms with Gasteiger partial charge in [-0.1, -0.05) is 29.4 Å². The Labute approximate surface area is 103 Å². The number of hydrogen-bond donors (Lipinski definition) is 1. The number of aliphatic hydroxyl groups is 1. The van der Waals surface area contributed by atoms with Crippen molar-refractivity contribution in [3.05, 3.63) is 42.3 Å². The van der Waals surface area contributed by atoms with E-state index in [2.05, 4.69) is 15.1 Å². The Bertz CT molecular complexity index is 691. The Hall–Kier alpha value is -2.27. The van der Waals surface area contributed by atoms with Crippen molar-refractivity contribution in [1.82, 2.24) is 15.1 Å². The maximum absolute atomic E-state index is 9.34. The van der Waals surface area contributed by atoms with Crippen LogP contribution in [0.5, 0.6) is 0 Å². The molecule has 0 aliphatic carbocycles. The van der Waals surface area contributed by atoms with E-state index in [4.69, 9.17) is 4.52 Å². The van der Waals surface area contributed by atoms with Crippen molar-refractivity contribution in [2.75, 3.05) is 0 Å². The summed E-state index contributed by atoms with van der Waals surface area (Å²) in [6.07, 6.45) is -0.772. The Morgan fingerprint density at radius 1 is 1.11 bits per heavy atom. The van der Waals surface area contributed by atoms with Gasteiger partial charge in [0, 0.05) is 5.39 Å². The number of pyridine rings is 1. The first-order valence-electron chi connectivity index (χ1n) is 5.62. The summed E-state index contributed by atoms with van der Waals surface area (Å²) < 4.78 is 4.94. The molecule has 2 heterocycles. The highest BCUT2D eigenvalue weighted by atomic mass is 16.5. The predicted octanol–water partition coefficient (Wildman–Crippen LogP) is 2.34. The second kappa shape index (κ2) is 4.19. The van der Waals surface area contributed by atoms with Crippen LogP contribution in [0.4, 0.5) is 0 Å². The van der Waals surface area contributed by atoms with Crippen LogP contribution in [0.25, 0.3) is 22.4 Å². The summed E-state index contributed by atoms with van der Waals surface area (Å²) in [6.45, 7) is 1.57. The molecule has 90 valence electrons. The van der Waals surface area contributed by atoms with E-state index in [1.54, 1.807) is 6.92 Å². The number of aromatic nitrogens is 3. The van der Waals surface area contributed by atoms with Crippen LogP contribution in [0.1, 0.15) is 18.9 Å². The van der Waals surface area contributed by atoms with Gasteiger partial charge >= 0.3 is 0 Å². The topological polar surface area (TPSA) is 72.0 Å². The first kappa shape index (κ1) is 10.9. The molecule has 0 radical (unpaired) electrons. The maximum Gasteiger partial charge on any atom is 0.255 e. The van der Waals surface area contributed by atoms with E-state index in [1.165, 1.54) is 0 Å². The summed E-state index contributed by atoms with van der Waals surface area (Å²) >= 11 is 0. The minimum atomic E-state index is -0.772. The van der Waals surface area contributed by atoms with Crippen molar-refractivity contribution < 1.29 is 9.63 Å². The molecule has 1 atom stereocenters. The van der Waals surface area contributed by atoms with Gasteiger partial charge in [-0.3, -0.25) is 0 Å². The Morgan fingerprint density at radius 3 is 2.72 bits per heavy atom. The first-order chi connectivity index (χ1) is 8.74. The molecule has 0 saturated heterocycles. The van der Waals surface area contributed by atoms with Gasteiger partial charge < -0.3 is 9.63 Å². The molecule has 0 aliphatic rings. The molecular weight excluding hydrogens is 230 g/mol. The largest absolute Gasteiger partial charge is 0.384 e. The molecule has 5 nitrogen and oxygen atoms in total. The Kier molecular flexibility index (Phi) is 2.53. The van der Waals surface area contributed by atoms with Crippen LogP contribution >= 0.6 is 0 Å². The lowest BCUT2D eigenvalue weighted by Crippen LogP contribution is -1.91. The van der Waals surface area contributed by atoms with E-state index in [-0.39, 0.29) is 5.89 Å². The van der Waals surface area contributed by atoms with Gasteiger partial charge in [-0.15, -0.1) is 0 Å². The number of nitrogens with zero attached hydrogens (tertiary/aromatic N) is 3. The summed E-state index contributed by atoms with van der Waals surface area (Å²) in [5, 5.41) is 14.2. The minimum absolute atomic E-state index is 0.194. The van der Waals surface area contributed by atoms with Crippen molar-refractivity contribution in [2.24, 2.45) is 0 Å². The third-order valence-electron chi connectivity index (χ3n) is 2.63. The molecule has 0 aliphatic heterocycles. The predicted molar refractivity (Wildman–Crippen MR) is 65.7 cm³/mol. The summed E-state index contributed by atoms with van der Waals surface area (Å²) in [5.74, 6) is 0.580. The highest BCUT2D eigenvalue weighted by molar-refractivity contribution is 5.80. The maximum atomic E-state index is 9.34. The first-order valence-corrected chi connectivity index (χ1v) is 5.62. The van der Waals surface area contributed by atoms with Gasteiger partial charge in [-0.2, -0.15) is 4.98 Å². The molecule has 3 aromatic rings. The van der Waals surface area contributed by atoms with Crippen LogP contribution in [-0.4, -0.2) is 20.2 Å². The van der Waals surface area contributed by atoms with Crippen molar-refractivity contribution in [3.8, 4) is 11.5 Å². The van der Waals surface area contributed by atoms with E-state index in [1.807, 2.05) is 36.4 Å². The number of hydrogen-bond acceptors (Lipinski definition) is 5. The number of para-hydroxylation sites is 1. The fourth-order valence-corrected chi connectivity index (χ4v) is 1.70. The lowest BCUT2D eigenvalue weighted by atomic mass is 10.2. The van der Waals surface area contributed by atoms with Crippen LogP contribution in [-0.2, 0) is 0 Å². The van der Waals surface area contributed by atoms with Crippen LogP contribution in [0.3, 0.4) is 0 Å². The van der Waals surface area contributed by atoms with Crippen LogP contribution in [0, 0.1) is 0 Å². The fourth-order valence-electron chi connectivity index (χ4n) is 1.70. The Morgan fingerprint density at radius 2 is 1.94 bits per heavy atom. The molecule has 0 unspecified atom stereocenters. The molecule has 5 heteroatoms. The van der Waals surface area contributed by atoms with Gasteiger partial charge in [0.1, 0.15) is 11.8 Å². The van der Waals surface area contributed by atoms with Crippen molar-refractivity contribution in [3.63, 3.8) is 0 Å². The second-order valence-corrected chi connectivity index (χ2v) is 4.02. The number of rotatable bonds is 2. The molecule has 0 saturated carbocycles. The van der Waals surface area contributed by atoms with Crippen LogP contribution < -0.4 is 0 Å². The van der Waals surface area contributed by atoms with E-state index in [0.29, 0.717) is 11.5 Å². The lowest BCUT2D eigenvalue weighted by Gasteiger charge is -1.98.